The van der Waals surface area contributed by atoms with Crippen molar-refractivity contribution in [2.24, 2.45) is 4.99 Å². The highest BCUT2D eigenvalue weighted by atomic mass is 19.4. The van der Waals surface area contributed by atoms with Crippen molar-refractivity contribution in [1.82, 2.24) is 0 Å². The molecule has 0 unspecified atom stereocenters. The van der Waals surface area contributed by atoms with Crippen molar-refractivity contribution in [3.63, 3.8) is 0 Å². The highest BCUT2D eigenvalue weighted by Crippen LogP contribution is 2.23. The second-order valence-electron chi connectivity index (χ2n) is 4.78. The highest BCUT2D eigenvalue weighted by molar-refractivity contribution is 6.01. The minimum absolute atomic E-state index is 0.133. The molecule has 0 spiro atoms. The summed E-state index contributed by atoms with van der Waals surface area (Å²) in [6.07, 6.45) is -4.55. The van der Waals surface area contributed by atoms with Gasteiger partial charge in [-0.3, -0.25) is 9.79 Å². The lowest BCUT2D eigenvalue weighted by atomic mass is 10.1. The maximum absolute atomic E-state index is 12.9. The molecule has 0 saturated heterocycles. The van der Waals surface area contributed by atoms with Gasteiger partial charge in [0, 0.05) is 17.3 Å². The Morgan fingerprint density at radius 2 is 1.90 bits per heavy atom. The van der Waals surface area contributed by atoms with E-state index in [9.17, 15) is 18.0 Å². The van der Waals surface area contributed by atoms with Crippen LogP contribution in [0.1, 0.15) is 36.7 Å². The number of amidine groups is 1. The molecule has 0 aliphatic rings. The minimum Gasteiger partial charge on any atom is -0.336 e. The van der Waals surface area contributed by atoms with E-state index in [1.807, 2.05) is 0 Å². The van der Waals surface area contributed by atoms with Gasteiger partial charge >= 0.3 is 6.18 Å². The maximum Gasteiger partial charge on any atom is 0.449 e. The van der Waals surface area contributed by atoms with Crippen LogP contribution >= 0.6 is 0 Å². The van der Waals surface area contributed by atoms with Gasteiger partial charge in [0.05, 0.1) is 0 Å². The number of hydrogen-bond acceptors (Lipinski definition) is 2. The van der Waals surface area contributed by atoms with Crippen LogP contribution in [-0.4, -0.2) is 23.8 Å². The van der Waals surface area contributed by atoms with Crippen molar-refractivity contribution >= 4 is 17.3 Å². The van der Waals surface area contributed by atoms with E-state index in [1.165, 1.54) is 19.1 Å². The molecule has 0 atom stereocenters. The Kier molecular flexibility index (Phi) is 4.92. The minimum atomic E-state index is -4.55. The summed E-state index contributed by atoms with van der Waals surface area (Å²) in [5.74, 6) is -1.17. The fraction of sp³-hybridized carbons (Fsp3) is 0.429. The van der Waals surface area contributed by atoms with Crippen LogP contribution in [0.2, 0.25) is 0 Å². The summed E-state index contributed by atoms with van der Waals surface area (Å²) in [6.45, 7) is 6.18. The number of aryl methyl sites for hydroxylation is 1. The summed E-state index contributed by atoms with van der Waals surface area (Å²) < 4.78 is 38.6. The Morgan fingerprint density at radius 1 is 1.30 bits per heavy atom. The van der Waals surface area contributed by atoms with Crippen molar-refractivity contribution in [1.29, 1.82) is 0 Å². The van der Waals surface area contributed by atoms with Crippen molar-refractivity contribution < 1.29 is 18.0 Å². The second-order valence-corrected chi connectivity index (χ2v) is 4.78. The monoisotopic (exact) mass is 286 g/mol. The Hall–Kier alpha value is -1.85. The topological polar surface area (TPSA) is 41.5 Å². The van der Waals surface area contributed by atoms with Gasteiger partial charge in [-0.15, -0.1) is 0 Å². The van der Waals surface area contributed by atoms with Crippen LogP contribution < -0.4 is 5.32 Å². The number of nitrogens with zero attached hydrogens (tertiary/aromatic N) is 1. The molecule has 1 N–H and O–H groups in total. The number of hydrogen-bond donors (Lipinski definition) is 1. The molecule has 1 aromatic carbocycles. The largest absolute Gasteiger partial charge is 0.449 e. The first-order chi connectivity index (χ1) is 9.11. The zero-order valence-electron chi connectivity index (χ0n) is 11.8. The molecule has 0 bridgehead atoms. The Balaban J connectivity index is 3.10. The molecule has 0 fully saturated rings. The molecule has 6 heteroatoms. The lowest BCUT2D eigenvalue weighted by Gasteiger charge is -2.16. The molecule has 0 amide bonds. The zero-order valence-corrected chi connectivity index (χ0v) is 11.8. The van der Waals surface area contributed by atoms with Gasteiger partial charge < -0.3 is 5.32 Å². The summed E-state index contributed by atoms with van der Waals surface area (Å²) >= 11 is 0. The highest BCUT2D eigenvalue weighted by Gasteiger charge is 2.36. The summed E-state index contributed by atoms with van der Waals surface area (Å²) in [5.41, 5.74) is 1.30. The average Bonchev–Trinajstić information content (AvgIpc) is 2.28. The molecule has 1 rings (SSSR count). The third kappa shape index (κ3) is 4.36. The van der Waals surface area contributed by atoms with E-state index < -0.39 is 18.1 Å². The van der Waals surface area contributed by atoms with Crippen LogP contribution in [0.25, 0.3) is 0 Å². The third-order valence-corrected chi connectivity index (χ3v) is 2.54. The van der Waals surface area contributed by atoms with Gasteiger partial charge in [-0.25, -0.2) is 0 Å². The number of Topliss-reactive ketones (excluding diaryl/α,β-unsaturated/α-hetero) is 1. The van der Waals surface area contributed by atoms with Gasteiger partial charge in [-0.05, 0) is 51.5 Å². The number of halogens is 3. The lowest BCUT2D eigenvalue weighted by Crippen LogP contribution is -2.31. The standard InChI is InChI=1S/C14H17F3N2O/c1-8(2)18-13(14(15,16)17)19-12-6-5-11(10(4)20)7-9(12)3/h5-8H,1-4H3,(H,18,19). The fourth-order valence-electron chi connectivity index (χ4n) is 1.59. The molecule has 0 aliphatic carbocycles. The molecule has 110 valence electrons. The molecule has 3 nitrogen and oxygen atoms in total. The number of rotatable bonds is 3. The van der Waals surface area contributed by atoms with E-state index in [2.05, 4.69) is 10.3 Å². The van der Waals surface area contributed by atoms with Crippen molar-refractivity contribution in [3.05, 3.63) is 29.3 Å². The summed E-state index contributed by atoms with van der Waals surface area (Å²) in [6, 6.07) is 4.01. The average molecular weight is 286 g/mol. The van der Waals surface area contributed by atoms with E-state index in [-0.39, 0.29) is 11.5 Å². The van der Waals surface area contributed by atoms with Crippen molar-refractivity contribution in [2.75, 3.05) is 5.32 Å². The van der Waals surface area contributed by atoms with Crippen LogP contribution in [0.15, 0.2) is 23.2 Å². The number of nitrogens with one attached hydrogen (secondary N) is 1. The van der Waals surface area contributed by atoms with Gasteiger partial charge in [-0.2, -0.15) is 13.2 Å². The molecule has 0 saturated carbocycles. The van der Waals surface area contributed by atoms with Crippen LogP contribution in [0.3, 0.4) is 0 Å². The Morgan fingerprint density at radius 3 is 2.30 bits per heavy atom. The first-order valence-corrected chi connectivity index (χ1v) is 6.15. The van der Waals surface area contributed by atoms with E-state index in [0.29, 0.717) is 11.1 Å². The number of carbonyl (C=O) groups is 1. The van der Waals surface area contributed by atoms with Gasteiger partial charge in [0.1, 0.15) is 0 Å². The van der Waals surface area contributed by atoms with Crippen LogP contribution in [0.4, 0.5) is 18.9 Å². The third-order valence-electron chi connectivity index (χ3n) is 2.54. The number of benzene rings is 1. The maximum atomic E-state index is 12.9. The summed E-state index contributed by atoms with van der Waals surface area (Å²) in [7, 11) is 0. The van der Waals surface area contributed by atoms with Gasteiger partial charge in [0.15, 0.2) is 5.78 Å². The van der Waals surface area contributed by atoms with Crippen molar-refractivity contribution in [3.8, 4) is 0 Å². The van der Waals surface area contributed by atoms with E-state index >= 15 is 0 Å². The van der Waals surface area contributed by atoms with Gasteiger partial charge in [0.2, 0.25) is 5.84 Å². The van der Waals surface area contributed by atoms with Crippen molar-refractivity contribution in [2.45, 2.75) is 39.9 Å². The smallest absolute Gasteiger partial charge is 0.336 e. The predicted octanol–water partition coefficient (Wildman–Crippen LogP) is 3.98. The second kappa shape index (κ2) is 6.07. The summed E-state index contributed by atoms with van der Waals surface area (Å²) in [4.78, 5) is 14.8. The van der Waals surface area contributed by atoms with E-state index in [0.717, 1.165) is 0 Å². The van der Waals surface area contributed by atoms with Crippen LogP contribution in [-0.2, 0) is 0 Å². The van der Waals surface area contributed by atoms with Crippen LogP contribution in [0.5, 0.6) is 0 Å². The Bertz CT molecular complexity index is 534. The first kappa shape index (κ1) is 16.2. The number of alkyl halides is 3. The number of anilines is 1. The van der Waals surface area contributed by atoms with Crippen LogP contribution in [0, 0.1) is 6.92 Å². The predicted molar refractivity (Wildman–Crippen MR) is 73.4 cm³/mol. The van der Waals surface area contributed by atoms with E-state index in [4.69, 9.17) is 0 Å². The molecular formula is C14H17F3N2O. The van der Waals surface area contributed by atoms with Gasteiger partial charge in [0.25, 0.3) is 0 Å². The number of ketones is 1. The molecule has 0 aliphatic heterocycles. The molecule has 0 heterocycles. The molecule has 0 radical (unpaired) electrons. The first-order valence-electron chi connectivity index (χ1n) is 6.15. The lowest BCUT2D eigenvalue weighted by molar-refractivity contribution is -0.0590. The number of carbonyl (C=O) groups excluding carboxylic acids is 1. The number of aliphatic imine (C=N–C) groups is 1. The SMILES string of the molecule is CC(=O)c1ccc(NC(=NC(C)C)C(F)(F)F)c(C)c1. The van der Waals surface area contributed by atoms with Gasteiger partial charge in [-0.1, -0.05) is 0 Å². The Labute approximate surface area is 115 Å². The fourth-order valence-corrected chi connectivity index (χ4v) is 1.59. The molecular weight excluding hydrogens is 269 g/mol. The summed E-state index contributed by atoms with van der Waals surface area (Å²) in [5, 5.41) is 2.30. The molecule has 20 heavy (non-hydrogen) atoms. The molecule has 1 aromatic rings. The quantitative estimate of drug-likeness (QED) is 0.519. The zero-order chi connectivity index (χ0) is 15.5. The van der Waals surface area contributed by atoms with E-state index in [1.54, 1.807) is 26.8 Å². The normalized spacial score (nSPS) is 12.7. The molecule has 0 aromatic heterocycles.